The molecule has 1 amide bonds. The normalized spacial score (nSPS) is 28.0. The fourth-order valence-electron chi connectivity index (χ4n) is 3.22. The molecule has 0 spiro atoms. The van der Waals surface area contributed by atoms with Crippen molar-refractivity contribution in [2.24, 2.45) is 0 Å². The highest BCUT2D eigenvalue weighted by Gasteiger charge is 2.59. The second-order valence-corrected chi connectivity index (χ2v) is 8.51. The summed E-state index contributed by atoms with van der Waals surface area (Å²) < 4.78 is 16.8. The van der Waals surface area contributed by atoms with E-state index < -0.39 is 39.8 Å². The molecule has 2 heterocycles. The molecule has 2 aliphatic heterocycles. The summed E-state index contributed by atoms with van der Waals surface area (Å²) in [6.07, 6.45) is 0.787. The SMILES string of the molecule is O=C(OCc1ccccc1)C1C([S+]([O-])C(Cl)CO)CC2CC(=O)N21. The van der Waals surface area contributed by atoms with Crippen LogP contribution in [-0.4, -0.2) is 55.1 Å². The highest BCUT2D eigenvalue weighted by molar-refractivity contribution is 7.94. The lowest BCUT2D eigenvalue weighted by atomic mass is 10.0. The quantitative estimate of drug-likeness (QED) is 0.345. The first kappa shape index (κ1) is 17.5. The molecule has 0 saturated carbocycles. The molecule has 24 heavy (non-hydrogen) atoms. The largest absolute Gasteiger partial charge is 0.615 e. The van der Waals surface area contributed by atoms with Gasteiger partial charge in [0.05, 0.1) is 0 Å². The van der Waals surface area contributed by atoms with E-state index in [1.807, 2.05) is 30.3 Å². The van der Waals surface area contributed by atoms with Crippen molar-refractivity contribution in [2.75, 3.05) is 6.61 Å². The zero-order chi connectivity index (χ0) is 17.3. The van der Waals surface area contributed by atoms with E-state index in [1.54, 1.807) is 0 Å². The Kier molecular flexibility index (Phi) is 5.34. The van der Waals surface area contributed by atoms with Crippen LogP contribution in [0.4, 0.5) is 0 Å². The number of carbonyl (C=O) groups is 2. The van der Waals surface area contributed by atoms with Gasteiger partial charge in [0.2, 0.25) is 10.6 Å². The van der Waals surface area contributed by atoms with Gasteiger partial charge in [-0.25, -0.2) is 4.79 Å². The molecule has 0 bridgehead atoms. The van der Waals surface area contributed by atoms with Crippen molar-refractivity contribution >= 4 is 34.7 Å². The van der Waals surface area contributed by atoms with Crippen LogP contribution in [-0.2, 0) is 32.1 Å². The lowest BCUT2D eigenvalue weighted by Gasteiger charge is -2.37. The van der Waals surface area contributed by atoms with E-state index in [2.05, 4.69) is 0 Å². The van der Waals surface area contributed by atoms with Gasteiger partial charge >= 0.3 is 5.97 Å². The Balaban J connectivity index is 1.71. The maximum absolute atomic E-state index is 12.5. The van der Waals surface area contributed by atoms with E-state index in [4.69, 9.17) is 21.4 Å². The van der Waals surface area contributed by atoms with Crippen LogP contribution in [0.5, 0.6) is 0 Å². The van der Waals surface area contributed by atoms with Gasteiger partial charge in [0.1, 0.15) is 18.5 Å². The Morgan fingerprint density at radius 1 is 1.46 bits per heavy atom. The van der Waals surface area contributed by atoms with Gasteiger partial charge in [0.25, 0.3) is 0 Å². The smallest absolute Gasteiger partial charge is 0.334 e. The second kappa shape index (κ2) is 7.31. The Morgan fingerprint density at radius 2 is 2.17 bits per heavy atom. The van der Waals surface area contributed by atoms with Crippen LogP contribution in [0.2, 0.25) is 0 Å². The summed E-state index contributed by atoms with van der Waals surface area (Å²) in [6.45, 7) is -0.360. The number of rotatable bonds is 6. The molecule has 1 aromatic carbocycles. The van der Waals surface area contributed by atoms with Gasteiger partial charge in [-0.05, 0) is 16.7 Å². The maximum Gasteiger partial charge on any atom is 0.334 e. The molecule has 2 saturated heterocycles. The fourth-order valence-corrected chi connectivity index (χ4v) is 5.05. The molecule has 1 aromatic rings. The van der Waals surface area contributed by atoms with Crippen LogP contribution in [0, 0.1) is 0 Å². The first-order valence-corrected chi connectivity index (χ1v) is 9.40. The van der Waals surface area contributed by atoms with Crippen molar-refractivity contribution in [3.8, 4) is 0 Å². The van der Waals surface area contributed by atoms with Gasteiger partial charge in [-0.3, -0.25) is 4.79 Å². The molecule has 0 aromatic heterocycles. The summed E-state index contributed by atoms with van der Waals surface area (Å²) in [5.41, 5.74) is 0.832. The summed E-state index contributed by atoms with van der Waals surface area (Å²) >= 11 is 4.25. The van der Waals surface area contributed by atoms with Crippen molar-refractivity contribution in [3.05, 3.63) is 35.9 Å². The number of halogens is 1. The summed E-state index contributed by atoms with van der Waals surface area (Å²) in [5.74, 6) is -0.717. The minimum Gasteiger partial charge on any atom is -0.615 e. The van der Waals surface area contributed by atoms with Crippen molar-refractivity contribution in [3.63, 3.8) is 0 Å². The van der Waals surface area contributed by atoms with E-state index in [0.29, 0.717) is 12.8 Å². The number of amides is 1. The van der Waals surface area contributed by atoms with Gasteiger partial charge in [-0.1, -0.05) is 41.9 Å². The Hall–Kier alpha value is -1.28. The first-order chi connectivity index (χ1) is 11.5. The molecule has 2 fully saturated rings. The molecule has 5 unspecified atom stereocenters. The molecule has 130 valence electrons. The maximum atomic E-state index is 12.5. The lowest BCUT2D eigenvalue weighted by molar-refractivity contribution is -0.161. The number of ether oxygens (including phenoxy) is 1. The third kappa shape index (κ3) is 3.26. The molecule has 0 aliphatic carbocycles. The predicted octanol–water partition coefficient (Wildman–Crippen LogP) is 0.777. The summed E-state index contributed by atoms with van der Waals surface area (Å²) in [4.78, 5) is 25.8. The Labute approximate surface area is 147 Å². The molecule has 3 rings (SSSR count). The van der Waals surface area contributed by atoms with Crippen LogP contribution in [0.25, 0.3) is 0 Å². The van der Waals surface area contributed by atoms with E-state index >= 15 is 0 Å². The van der Waals surface area contributed by atoms with Gasteiger partial charge in [0, 0.05) is 18.9 Å². The molecular formula is C16H18ClNO5S. The summed E-state index contributed by atoms with van der Waals surface area (Å²) in [6, 6.07) is 8.21. The van der Waals surface area contributed by atoms with Crippen molar-refractivity contribution in [1.29, 1.82) is 0 Å². The third-order valence-electron chi connectivity index (χ3n) is 4.41. The molecule has 0 radical (unpaired) electrons. The van der Waals surface area contributed by atoms with Gasteiger partial charge in [0.15, 0.2) is 6.04 Å². The van der Waals surface area contributed by atoms with Gasteiger partial charge in [-0.2, -0.15) is 0 Å². The minimum atomic E-state index is -1.63. The number of alkyl halides is 1. The molecule has 5 atom stereocenters. The fraction of sp³-hybridized carbons (Fsp3) is 0.500. The number of aliphatic hydroxyl groups is 1. The molecule has 8 heteroatoms. The average Bonchev–Trinajstić information content (AvgIpc) is 2.92. The number of nitrogens with zero attached hydrogens (tertiary/aromatic N) is 1. The van der Waals surface area contributed by atoms with Gasteiger partial charge < -0.3 is 19.3 Å². The van der Waals surface area contributed by atoms with Gasteiger partial charge in [-0.15, -0.1) is 0 Å². The minimum absolute atomic E-state index is 0.0898. The number of hydrogen-bond donors (Lipinski definition) is 1. The first-order valence-electron chi connectivity index (χ1n) is 7.69. The van der Waals surface area contributed by atoms with Crippen LogP contribution in [0.3, 0.4) is 0 Å². The monoisotopic (exact) mass is 371 g/mol. The summed E-state index contributed by atoms with van der Waals surface area (Å²) in [7, 11) is 0. The number of aliphatic hydroxyl groups excluding tert-OH is 1. The Morgan fingerprint density at radius 3 is 2.79 bits per heavy atom. The van der Waals surface area contributed by atoms with Crippen LogP contribution >= 0.6 is 11.6 Å². The predicted molar refractivity (Wildman–Crippen MR) is 88.6 cm³/mol. The highest BCUT2D eigenvalue weighted by atomic mass is 35.5. The molecular weight excluding hydrogens is 354 g/mol. The standard InChI is InChI=1S/C16H18ClNO5S/c17-13(8-19)24(22)12-6-11-7-14(20)18(11)15(12)16(21)23-9-10-4-2-1-3-5-10/h1-5,11-13,15,19H,6-9H2. The number of hydrogen-bond acceptors (Lipinski definition) is 5. The molecule has 6 nitrogen and oxygen atoms in total. The number of carbonyl (C=O) groups excluding carboxylic acids is 2. The van der Waals surface area contributed by atoms with Crippen molar-refractivity contribution in [1.82, 2.24) is 4.90 Å². The van der Waals surface area contributed by atoms with Crippen molar-refractivity contribution in [2.45, 2.75) is 41.5 Å². The number of fused-ring (bicyclic) bond motifs is 1. The van der Waals surface area contributed by atoms with Crippen LogP contribution in [0.15, 0.2) is 30.3 Å². The topological polar surface area (TPSA) is 89.9 Å². The Bertz CT molecular complexity index is 616. The lowest BCUT2D eigenvalue weighted by Crippen LogP contribution is -2.57. The molecule has 2 aliphatic rings. The highest BCUT2D eigenvalue weighted by Crippen LogP contribution is 2.40. The zero-order valence-corrected chi connectivity index (χ0v) is 14.4. The number of β-lactam (4-membered cyclic amide) rings is 1. The summed E-state index contributed by atoms with van der Waals surface area (Å²) in [5, 5.41) is 8.51. The number of esters is 1. The average molecular weight is 372 g/mol. The third-order valence-corrected chi connectivity index (χ3v) is 6.77. The van der Waals surface area contributed by atoms with Crippen molar-refractivity contribution < 1.29 is 24.0 Å². The van der Waals surface area contributed by atoms with E-state index in [9.17, 15) is 14.1 Å². The van der Waals surface area contributed by atoms with E-state index in [1.165, 1.54) is 4.90 Å². The van der Waals surface area contributed by atoms with Crippen LogP contribution < -0.4 is 0 Å². The number of benzene rings is 1. The van der Waals surface area contributed by atoms with E-state index in [0.717, 1.165) is 5.56 Å². The van der Waals surface area contributed by atoms with Crippen LogP contribution in [0.1, 0.15) is 18.4 Å². The van der Waals surface area contributed by atoms with E-state index in [-0.39, 0.29) is 18.6 Å². The second-order valence-electron chi connectivity index (χ2n) is 5.89. The molecule has 1 N–H and O–H groups in total. The zero-order valence-electron chi connectivity index (χ0n) is 12.8.